The minimum absolute atomic E-state index is 0.0327. The quantitative estimate of drug-likeness (QED) is 0.343. The van der Waals surface area contributed by atoms with Gasteiger partial charge in [-0.05, 0) is 124 Å². The first-order valence-electron chi connectivity index (χ1n) is 15.2. The Morgan fingerprint density at radius 3 is 2.72 bits per heavy atom. The Bertz CT molecular complexity index is 1180. The number of likely N-dealkylation sites (tertiary alicyclic amines) is 1. The van der Waals surface area contributed by atoms with Crippen molar-refractivity contribution in [1.82, 2.24) is 4.90 Å². The van der Waals surface area contributed by atoms with E-state index in [-0.39, 0.29) is 23.7 Å². The zero-order chi connectivity index (χ0) is 26.7. The number of benzene rings is 2. The topological polar surface area (TPSA) is 59.0 Å². The van der Waals surface area contributed by atoms with E-state index in [0.29, 0.717) is 6.61 Å². The number of fused-ring (bicyclic) bond motifs is 1. The van der Waals surface area contributed by atoms with E-state index in [2.05, 4.69) is 29.2 Å². The molecule has 0 aromatic heterocycles. The number of nitrogens with zero attached hydrogens (tertiary/aromatic N) is 1. The molecule has 2 unspecified atom stereocenters. The summed E-state index contributed by atoms with van der Waals surface area (Å²) in [4.78, 5) is 15.6. The van der Waals surface area contributed by atoms with Crippen LogP contribution < -0.4 is 4.74 Å². The van der Waals surface area contributed by atoms with Gasteiger partial charge >= 0.3 is 0 Å². The molecule has 2 saturated heterocycles. The van der Waals surface area contributed by atoms with Crippen molar-refractivity contribution in [2.45, 2.75) is 101 Å². The predicted molar refractivity (Wildman–Crippen MR) is 153 cm³/mol. The normalized spacial score (nSPS) is 27.7. The van der Waals surface area contributed by atoms with Gasteiger partial charge in [-0.15, -0.1) is 0 Å². The molecule has 2 aromatic carbocycles. The molecular formula is C34H43NO4. The third-order valence-corrected chi connectivity index (χ3v) is 9.53. The number of carbonyl (C=O) groups is 1. The van der Waals surface area contributed by atoms with Crippen LogP contribution >= 0.6 is 0 Å². The highest BCUT2D eigenvalue weighted by atomic mass is 16.5. The Morgan fingerprint density at radius 2 is 1.92 bits per heavy atom. The fraction of sp³-hybridized carbons (Fsp3) is 0.559. The standard InChI is InChI=1S/C34H43NO4/c36-30-7-2-5-25(10-14-30)4-1-6-26-9-11-29-23-34(18-17-28(29)22-26)19-20-35(34)33(37)27-12-15-31(16-13-27)39-24-32-8-3-21-38-32/h4,9,11-13,15-16,22,30,32,36H,1-3,5-8,10,14,17-21,23-24H2/t30?,32-,34?/m0/s1. The van der Waals surface area contributed by atoms with Crippen molar-refractivity contribution < 1.29 is 19.4 Å². The van der Waals surface area contributed by atoms with Crippen molar-refractivity contribution in [1.29, 1.82) is 0 Å². The fourth-order valence-electron chi connectivity index (χ4n) is 7.00. The zero-order valence-corrected chi connectivity index (χ0v) is 23.2. The summed E-state index contributed by atoms with van der Waals surface area (Å²) in [5.74, 6) is 0.943. The van der Waals surface area contributed by atoms with Crippen molar-refractivity contribution in [3.63, 3.8) is 0 Å². The summed E-state index contributed by atoms with van der Waals surface area (Å²) in [6.45, 7) is 2.25. The van der Waals surface area contributed by atoms with Crippen LogP contribution in [0.2, 0.25) is 0 Å². The molecule has 0 radical (unpaired) electrons. The number of carbonyl (C=O) groups excluding carboxylic acids is 1. The van der Waals surface area contributed by atoms with Gasteiger partial charge in [0.25, 0.3) is 5.91 Å². The number of amides is 1. The number of aryl methyl sites for hydroxylation is 2. The van der Waals surface area contributed by atoms with Crippen molar-refractivity contribution >= 4 is 5.91 Å². The SMILES string of the molecule is O=C(c1ccc(OC[C@@H]2CCCO2)cc1)N1CCC12CCc1cc(CCC=C3CCCC(O)CC3)ccc1C2. The largest absolute Gasteiger partial charge is 0.491 e. The van der Waals surface area contributed by atoms with Crippen molar-refractivity contribution in [2.75, 3.05) is 19.8 Å². The van der Waals surface area contributed by atoms with Crippen LogP contribution in [0.25, 0.3) is 0 Å². The summed E-state index contributed by atoms with van der Waals surface area (Å²) in [5, 5.41) is 9.89. The van der Waals surface area contributed by atoms with Gasteiger partial charge in [-0.3, -0.25) is 4.79 Å². The lowest BCUT2D eigenvalue weighted by atomic mass is 9.70. The lowest BCUT2D eigenvalue weighted by Gasteiger charge is -2.55. The number of rotatable bonds is 7. The summed E-state index contributed by atoms with van der Waals surface area (Å²) < 4.78 is 11.5. The van der Waals surface area contributed by atoms with Crippen LogP contribution in [0, 0.1) is 0 Å². The third-order valence-electron chi connectivity index (χ3n) is 9.53. The molecule has 208 valence electrons. The number of hydrogen-bond donors (Lipinski definition) is 1. The Hall–Kier alpha value is -2.63. The first-order chi connectivity index (χ1) is 19.1. The van der Waals surface area contributed by atoms with Gasteiger partial charge in [-0.25, -0.2) is 0 Å². The Kier molecular flexibility index (Phi) is 8.08. The maximum absolute atomic E-state index is 13.5. The summed E-state index contributed by atoms with van der Waals surface area (Å²) in [6, 6.07) is 14.7. The predicted octanol–water partition coefficient (Wildman–Crippen LogP) is 6.20. The molecule has 0 bridgehead atoms. The molecule has 2 aliphatic carbocycles. The van der Waals surface area contributed by atoms with Crippen molar-refractivity contribution in [2.24, 2.45) is 0 Å². The molecule has 2 heterocycles. The lowest BCUT2D eigenvalue weighted by molar-refractivity contribution is -0.0105. The van der Waals surface area contributed by atoms with Crippen LogP contribution in [0.3, 0.4) is 0 Å². The van der Waals surface area contributed by atoms with Gasteiger partial charge in [-0.1, -0.05) is 29.8 Å². The number of hydrogen-bond acceptors (Lipinski definition) is 4. The zero-order valence-electron chi connectivity index (χ0n) is 23.2. The van der Waals surface area contributed by atoms with E-state index < -0.39 is 0 Å². The Morgan fingerprint density at radius 1 is 1.03 bits per heavy atom. The molecule has 5 heteroatoms. The Labute approximate surface area is 233 Å². The number of aliphatic hydroxyl groups is 1. The van der Waals surface area contributed by atoms with Crippen LogP contribution in [0.5, 0.6) is 5.75 Å². The highest BCUT2D eigenvalue weighted by Crippen LogP contribution is 2.43. The molecule has 4 aliphatic rings. The second kappa shape index (κ2) is 11.9. The average molecular weight is 530 g/mol. The summed E-state index contributed by atoms with van der Waals surface area (Å²) in [7, 11) is 0. The van der Waals surface area contributed by atoms with Gasteiger partial charge in [0, 0.05) is 24.3 Å². The fourth-order valence-corrected chi connectivity index (χ4v) is 7.00. The summed E-state index contributed by atoms with van der Waals surface area (Å²) >= 11 is 0. The van der Waals surface area contributed by atoms with Gasteiger partial charge in [0.2, 0.25) is 0 Å². The molecule has 5 nitrogen and oxygen atoms in total. The molecule has 6 rings (SSSR count). The molecular weight excluding hydrogens is 486 g/mol. The number of aliphatic hydroxyl groups excluding tert-OH is 1. The van der Waals surface area contributed by atoms with E-state index in [1.807, 2.05) is 24.3 Å². The molecule has 1 saturated carbocycles. The average Bonchev–Trinajstić information content (AvgIpc) is 3.39. The maximum Gasteiger partial charge on any atom is 0.254 e. The van der Waals surface area contributed by atoms with Gasteiger partial charge < -0.3 is 19.5 Å². The summed E-state index contributed by atoms with van der Waals surface area (Å²) in [5.41, 5.74) is 6.54. The third kappa shape index (κ3) is 6.10. The highest BCUT2D eigenvalue weighted by Gasteiger charge is 2.48. The second-order valence-corrected chi connectivity index (χ2v) is 12.2. The van der Waals surface area contributed by atoms with E-state index in [0.717, 1.165) is 108 Å². The second-order valence-electron chi connectivity index (χ2n) is 12.2. The molecule has 3 fully saturated rings. The number of ether oxygens (including phenoxy) is 2. The number of allylic oxidation sites excluding steroid dienone is 2. The minimum Gasteiger partial charge on any atom is -0.491 e. The highest BCUT2D eigenvalue weighted by molar-refractivity contribution is 5.95. The van der Waals surface area contributed by atoms with Crippen LogP contribution in [-0.2, 0) is 24.0 Å². The van der Waals surface area contributed by atoms with Gasteiger partial charge in [0.1, 0.15) is 12.4 Å². The molecule has 3 atom stereocenters. The minimum atomic E-state index is -0.108. The van der Waals surface area contributed by atoms with Crippen LogP contribution in [0.4, 0.5) is 0 Å². The molecule has 39 heavy (non-hydrogen) atoms. The monoisotopic (exact) mass is 529 g/mol. The van der Waals surface area contributed by atoms with E-state index >= 15 is 0 Å². The van der Waals surface area contributed by atoms with Crippen molar-refractivity contribution in [3.8, 4) is 5.75 Å². The van der Waals surface area contributed by atoms with E-state index in [4.69, 9.17) is 9.47 Å². The first-order valence-corrected chi connectivity index (χ1v) is 15.2. The molecule has 2 aromatic rings. The Balaban J connectivity index is 1.04. The van der Waals surface area contributed by atoms with Gasteiger partial charge in [-0.2, -0.15) is 0 Å². The molecule has 1 spiro atoms. The first kappa shape index (κ1) is 26.6. The van der Waals surface area contributed by atoms with Gasteiger partial charge in [0.05, 0.1) is 12.2 Å². The summed E-state index contributed by atoms with van der Waals surface area (Å²) in [6.07, 6.45) is 16.1. The molecule has 1 N–H and O–H groups in total. The van der Waals surface area contributed by atoms with Crippen LogP contribution in [0.1, 0.15) is 91.3 Å². The molecule has 2 aliphatic heterocycles. The van der Waals surface area contributed by atoms with E-state index in [9.17, 15) is 9.90 Å². The smallest absolute Gasteiger partial charge is 0.254 e. The van der Waals surface area contributed by atoms with E-state index in [1.54, 1.807) is 0 Å². The van der Waals surface area contributed by atoms with E-state index in [1.165, 1.54) is 22.3 Å². The van der Waals surface area contributed by atoms with Gasteiger partial charge in [0.15, 0.2) is 0 Å². The molecule has 1 amide bonds. The lowest BCUT2D eigenvalue weighted by Crippen LogP contribution is -2.64. The van der Waals surface area contributed by atoms with Crippen molar-refractivity contribution in [3.05, 3.63) is 76.4 Å². The van der Waals surface area contributed by atoms with Crippen LogP contribution in [0.15, 0.2) is 54.1 Å². The van der Waals surface area contributed by atoms with Crippen LogP contribution in [-0.4, -0.2) is 53.4 Å². The maximum atomic E-state index is 13.5.